The average molecular weight is 212 g/mol. The molecule has 0 amide bonds. The quantitative estimate of drug-likeness (QED) is 0.730. The molecule has 16 heavy (non-hydrogen) atoms. The second-order valence-electron chi connectivity index (χ2n) is 4.22. The van der Waals surface area contributed by atoms with Crippen LogP contribution < -0.4 is 0 Å². The van der Waals surface area contributed by atoms with E-state index in [-0.39, 0.29) is 5.78 Å². The maximum atomic E-state index is 11.6. The molecule has 0 spiro atoms. The molecule has 1 aromatic carbocycles. The van der Waals surface area contributed by atoms with Gasteiger partial charge in [-0.1, -0.05) is 48.1 Å². The van der Waals surface area contributed by atoms with E-state index in [0.717, 1.165) is 24.0 Å². The largest absolute Gasteiger partial charge is 0.294 e. The number of ketones is 1. The summed E-state index contributed by atoms with van der Waals surface area (Å²) in [6, 6.07) is 8.30. The Balaban J connectivity index is 2.11. The highest BCUT2D eigenvalue weighted by Gasteiger charge is 2.09. The highest BCUT2D eigenvalue weighted by atomic mass is 16.1. The Hall–Kier alpha value is -1.63. The Morgan fingerprint density at radius 3 is 2.56 bits per heavy atom. The molecule has 0 radical (unpaired) electrons. The minimum Gasteiger partial charge on any atom is -0.294 e. The van der Waals surface area contributed by atoms with Gasteiger partial charge >= 0.3 is 0 Å². The van der Waals surface area contributed by atoms with E-state index < -0.39 is 0 Å². The molecule has 0 N–H and O–H groups in total. The number of carbonyl (C=O) groups is 1. The van der Waals surface area contributed by atoms with Crippen LogP contribution in [0, 0.1) is 6.92 Å². The Morgan fingerprint density at radius 2 is 1.88 bits per heavy atom. The zero-order valence-electron chi connectivity index (χ0n) is 9.57. The maximum Gasteiger partial charge on any atom is 0.162 e. The van der Waals surface area contributed by atoms with Gasteiger partial charge in [-0.15, -0.1) is 0 Å². The molecule has 0 bridgehead atoms. The number of hydrogen-bond acceptors (Lipinski definition) is 1. The fourth-order valence-corrected chi connectivity index (χ4v) is 1.80. The molecule has 0 aromatic heterocycles. The van der Waals surface area contributed by atoms with E-state index in [0.29, 0.717) is 6.42 Å². The molecule has 0 aliphatic heterocycles. The first-order chi connectivity index (χ1) is 7.75. The van der Waals surface area contributed by atoms with Crippen LogP contribution in [0.3, 0.4) is 0 Å². The molecular formula is C15H16O. The summed E-state index contributed by atoms with van der Waals surface area (Å²) >= 11 is 0. The summed E-state index contributed by atoms with van der Waals surface area (Å²) in [5, 5.41) is 0. The zero-order chi connectivity index (χ0) is 11.4. The molecule has 1 aromatic rings. The van der Waals surface area contributed by atoms with Crippen LogP contribution in [0.25, 0.3) is 6.08 Å². The number of carbonyl (C=O) groups excluding carboxylic acids is 1. The van der Waals surface area contributed by atoms with E-state index in [1.54, 1.807) is 0 Å². The lowest BCUT2D eigenvalue weighted by Crippen LogP contribution is -2.04. The zero-order valence-corrected chi connectivity index (χ0v) is 9.57. The van der Waals surface area contributed by atoms with Gasteiger partial charge in [-0.05, 0) is 25.3 Å². The Bertz CT molecular complexity index is 435. The SMILES string of the molecule is Cc1ccc(/C=C/C2=CCCCC2=O)cc1. The van der Waals surface area contributed by atoms with Crippen LogP contribution in [0.15, 0.2) is 42.0 Å². The number of benzene rings is 1. The summed E-state index contributed by atoms with van der Waals surface area (Å²) < 4.78 is 0. The average Bonchev–Trinajstić information content (AvgIpc) is 2.30. The lowest BCUT2D eigenvalue weighted by Gasteiger charge is -2.07. The fraction of sp³-hybridized carbons (Fsp3) is 0.267. The van der Waals surface area contributed by atoms with Crippen LogP contribution in [0.2, 0.25) is 0 Å². The van der Waals surface area contributed by atoms with Crippen molar-refractivity contribution < 1.29 is 4.79 Å². The van der Waals surface area contributed by atoms with Crippen molar-refractivity contribution in [2.45, 2.75) is 26.2 Å². The molecule has 0 unspecified atom stereocenters. The van der Waals surface area contributed by atoms with Crippen molar-refractivity contribution in [3.63, 3.8) is 0 Å². The van der Waals surface area contributed by atoms with Gasteiger partial charge in [0.2, 0.25) is 0 Å². The monoisotopic (exact) mass is 212 g/mol. The molecule has 1 aliphatic rings. The third-order valence-corrected chi connectivity index (χ3v) is 2.83. The summed E-state index contributed by atoms with van der Waals surface area (Å²) in [6.07, 6.45) is 8.71. The van der Waals surface area contributed by atoms with Gasteiger partial charge in [0.05, 0.1) is 0 Å². The van der Waals surface area contributed by atoms with Crippen molar-refractivity contribution in [3.05, 3.63) is 53.1 Å². The molecule has 2 rings (SSSR count). The van der Waals surface area contributed by atoms with E-state index >= 15 is 0 Å². The lowest BCUT2D eigenvalue weighted by atomic mass is 9.97. The molecular weight excluding hydrogens is 196 g/mol. The summed E-state index contributed by atoms with van der Waals surface area (Å²) in [6.45, 7) is 2.07. The molecule has 0 fully saturated rings. The van der Waals surface area contributed by atoms with Crippen LogP contribution in [0.5, 0.6) is 0 Å². The predicted octanol–water partition coefficient (Wildman–Crippen LogP) is 3.69. The van der Waals surface area contributed by atoms with Gasteiger partial charge in [0.1, 0.15) is 0 Å². The second kappa shape index (κ2) is 4.93. The summed E-state index contributed by atoms with van der Waals surface area (Å²) in [4.78, 5) is 11.6. The second-order valence-corrected chi connectivity index (χ2v) is 4.22. The molecule has 1 nitrogen and oxygen atoms in total. The van der Waals surface area contributed by atoms with E-state index in [9.17, 15) is 4.79 Å². The molecule has 0 saturated heterocycles. The summed E-state index contributed by atoms with van der Waals surface area (Å²) in [5.74, 6) is 0.273. The standard InChI is InChI=1S/C15H16O/c1-12-6-8-13(9-7-12)10-11-14-4-2-3-5-15(14)16/h4,6-11H,2-3,5H2,1H3/b11-10+. The van der Waals surface area contributed by atoms with Crippen LogP contribution in [0.4, 0.5) is 0 Å². The van der Waals surface area contributed by atoms with E-state index in [1.807, 2.05) is 18.2 Å². The summed E-state index contributed by atoms with van der Waals surface area (Å²) in [7, 11) is 0. The topological polar surface area (TPSA) is 17.1 Å². The first kappa shape index (κ1) is 10.9. The van der Waals surface area contributed by atoms with Crippen LogP contribution in [-0.4, -0.2) is 5.78 Å². The third-order valence-electron chi connectivity index (χ3n) is 2.83. The van der Waals surface area contributed by atoms with Gasteiger partial charge in [0.15, 0.2) is 5.78 Å². The highest BCUT2D eigenvalue weighted by Crippen LogP contribution is 2.16. The van der Waals surface area contributed by atoms with Gasteiger partial charge in [0.25, 0.3) is 0 Å². The predicted molar refractivity (Wildman–Crippen MR) is 67.2 cm³/mol. The Kier molecular flexibility index (Phi) is 3.35. The third kappa shape index (κ3) is 2.69. The summed E-state index contributed by atoms with van der Waals surface area (Å²) in [5.41, 5.74) is 3.27. The van der Waals surface area contributed by atoms with Crippen LogP contribution in [-0.2, 0) is 4.79 Å². The van der Waals surface area contributed by atoms with Crippen molar-refractivity contribution in [1.29, 1.82) is 0 Å². The smallest absolute Gasteiger partial charge is 0.162 e. The van der Waals surface area contributed by atoms with Gasteiger partial charge in [-0.25, -0.2) is 0 Å². The first-order valence-electron chi connectivity index (χ1n) is 5.74. The highest BCUT2D eigenvalue weighted by molar-refractivity contribution is 5.99. The number of allylic oxidation sites excluding steroid dienone is 3. The molecule has 0 heterocycles. The van der Waals surface area contributed by atoms with Gasteiger partial charge in [0, 0.05) is 12.0 Å². The van der Waals surface area contributed by atoms with Crippen molar-refractivity contribution in [2.75, 3.05) is 0 Å². The Morgan fingerprint density at radius 1 is 1.12 bits per heavy atom. The van der Waals surface area contributed by atoms with Crippen molar-refractivity contribution in [3.8, 4) is 0 Å². The minimum absolute atomic E-state index is 0.273. The first-order valence-corrected chi connectivity index (χ1v) is 5.74. The van der Waals surface area contributed by atoms with E-state index in [4.69, 9.17) is 0 Å². The molecule has 82 valence electrons. The molecule has 1 aliphatic carbocycles. The number of rotatable bonds is 2. The number of hydrogen-bond donors (Lipinski definition) is 0. The minimum atomic E-state index is 0.273. The normalized spacial score (nSPS) is 16.6. The Labute approximate surface area is 96.5 Å². The lowest BCUT2D eigenvalue weighted by molar-refractivity contribution is -0.115. The van der Waals surface area contributed by atoms with Crippen molar-refractivity contribution >= 4 is 11.9 Å². The maximum absolute atomic E-state index is 11.6. The van der Waals surface area contributed by atoms with Crippen molar-refractivity contribution in [2.24, 2.45) is 0 Å². The van der Waals surface area contributed by atoms with Crippen LogP contribution >= 0.6 is 0 Å². The van der Waals surface area contributed by atoms with Gasteiger partial charge < -0.3 is 0 Å². The number of aryl methyl sites for hydroxylation is 1. The van der Waals surface area contributed by atoms with Gasteiger partial charge in [-0.3, -0.25) is 4.79 Å². The van der Waals surface area contributed by atoms with Gasteiger partial charge in [-0.2, -0.15) is 0 Å². The number of Topliss-reactive ketones (excluding diaryl/α,β-unsaturated/α-hetero) is 1. The van der Waals surface area contributed by atoms with Crippen LogP contribution in [0.1, 0.15) is 30.4 Å². The molecule has 1 heteroatoms. The fourth-order valence-electron chi connectivity index (χ4n) is 1.80. The van der Waals surface area contributed by atoms with E-state index in [1.165, 1.54) is 5.56 Å². The molecule has 0 saturated carbocycles. The van der Waals surface area contributed by atoms with Crippen molar-refractivity contribution in [1.82, 2.24) is 0 Å². The molecule has 0 atom stereocenters. The van der Waals surface area contributed by atoms with E-state index in [2.05, 4.69) is 31.2 Å².